The molecule has 0 aliphatic heterocycles. The van der Waals surface area contributed by atoms with Gasteiger partial charge < -0.3 is 24.8 Å². The summed E-state index contributed by atoms with van der Waals surface area (Å²) in [4.78, 5) is 4.59. The lowest BCUT2D eigenvalue weighted by molar-refractivity contribution is 0.319. The van der Waals surface area contributed by atoms with Crippen molar-refractivity contribution in [2.24, 2.45) is 4.99 Å². The molecule has 0 heterocycles. The minimum atomic E-state index is 0.528. The fourth-order valence-electron chi connectivity index (χ4n) is 2.27. The van der Waals surface area contributed by atoms with Gasteiger partial charge in [-0.1, -0.05) is 18.2 Å². The minimum Gasteiger partial charge on any atom is -0.497 e. The monoisotopic (exact) mass is 357 g/mol. The van der Waals surface area contributed by atoms with Gasteiger partial charge in [0, 0.05) is 12.6 Å². The minimum absolute atomic E-state index is 0.528. The van der Waals surface area contributed by atoms with Crippen LogP contribution in [0.15, 0.2) is 53.5 Å². The maximum atomic E-state index is 5.73. The van der Waals surface area contributed by atoms with Crippen LogP contribution in [0.5, 0.6) is 17.2 Å². The second-order valence-corrected chi connectivity index (χ2v) is 5.50. The Labute approximate surface area is 155 Å². The van der Waals surface area contributed by atoms with E-state index in [0.717, 1.165) is 35.3 Å². The van der Waals surface area contributed by atoms with Gasteiger partial charge in [0.05, 0.1) is 27.3 Å². The molecule has 0 amide bonds. The zero-order valence-electron chi connectivity index (χ0n) is 15.6. The highest BCUT2D eigenvalue weighted by Crippen LogP contribution is 2.18. The van der Waals surface area contributed by atoms with Crippen molar-refractivity contribution in [1.82, 2.24) is 10.6 Å². The third-order valence-electron chi connectivity index (χ3n) is 3.63. The summed E-state index contributed by atoms with van der Waals surface area (Å²) in [5.74, 6) is 3.17. The van der Waals surface area contributed by atoms with Gasteiger partial charge in [-0.15, -0.1) is 0 Å². The first kappa shape index (κ1) is 19.4. The molecule has 0 saturated heterocycles. The number of nitrogens with one attached hydrogen (secondary N) is 2. The Morgan fingerprint density at radius 3 is 2.35 bits per heavy atom. The highest BCUT2D eigenvalue weighted by molar-refractivity contribution is 5.79. The first-order valence-electron chi connectivity index (χ1n) is 8.67. The Morgan fingerprint density at radius 2 is 1.65 bits per heavy atom. The number of methoxy groups -OCH3 is 2. The van der Waals surface area contributed by atoms with E-state index in [0.29, 0.717) is 19.7 Å². The molecule has 0 saturated carbocycles. The summed E-state index contributed by atoms with van der Waals surface area (Å²) in [6, 6.07) is 15.5. The first-order chi connectivity index (χ1) is 12.7. The predicted molar refractivity (Wildman–Crippen MR) is 104 cm³/mol. The Bertz CT molecular complexity index is 687. The predicted octanol–water partition coefficient (Wildman–Crippen LogP) is 2.84. The van der Waals surface area contributed by atoms with Gasteiger partial charge >= 0.3 is 0 Å². The summed E-state index contributed by atoms with van der Waals surface area (Å²) in [5, 5.41) is 6.50. The van der Waals surface area contributed by atoms with Crippen LogP contribution in [0.1, 0.15) is 12.5 Å². The van der Waals surface area contributed by atoms with E-state index in [1.54, 1.807) is 14.2 Å². The third kappa shape index (κ3) is 6.55. The van der Waals surface area contributed by atoms with Crippen LogP contribution in [0.25, 0.3) is 0 Å². The average Bonchev–Trinajstić information content (AvgIpc) is 2.69. The van der Waals surface area contributed by atoms with E-state index in [-0.39, 0.29) is 0 Å². The molecule has 2 rings (SSSR count). The fourth-order valence-corrected chi connectivity index (χ4v) is 2.27. The van der Waals surface area contributed by atoms with E-state index in [9.17, 15) is 0 Å². The summed E-state index contributed by atoms with van der Waals surface area (Å²) in [7, 11) is 3.30. The van der Waals surface area contributed by atoms with Gasteiger partial charge in [-0.3, -0.25) is 0 Å². The normalized spacial score (nSPS) is 11.0. The van der Waals surface area contributed by atoms with Crippen molar-refractivity contribution in [2.45, 2.75) is 13.5 Å². The second-order valence-electron chi connectivity index (χ2n) is 5.50. The molecule has 0 bridgehead atoms. The van der Waals surface area contributed by atoms with Gasteiger partial charge in [0.1, 0.15) is 23.9 Å². The molecular formula is C20H27N3O3. The standard InChI is InChI=1S/C20H27N3O3/c1-4-21-20(23-15-16-8-10-17(24-2)11-9-16)22-12-13-26-19-7-5-6-18(14-19)25-3/h5-11,14H,4,12-13,15H2,1-3H3,(H2,21,22,23). The van der Waals surface area contributed by atoms with E-state index in [4.69, 9.17) is 14.2 Å². The molecule has 140 valence electrons. The molecule has 0 unspecified atom stereocenters. The number of nitrogens with zero attached hydrogens (tertiary/aromatic N) is 1. The number of guanidine groups is 1. The average molecular weight is 357 g/mol. The van der Waals surface area contributed by atoms with Gasteiger partial charge in [0.25, 0.3) is 0 Å². The highest BCUT2D eigenvalue weighted by atomic mass is 16.5. The highest BCUT2D eigenvalue weighted by Gasteiger charge is 2.00. The Balaban J connectivity index is 1.80. The van der Waals surface area contributed by atoms with Crippen molar-refractivity contribution >= 4 is 5.96 Å². The van der Waals surface area contributed by atoms with Crippen molar-refractivity contribution in [3.63, 3.8) is 0 Å². The zero-order valence-corrected chi connectivity index (χ0v) is 15.6. The second kappa shape index (κ2) is 10.9. The smallest absolute Gasteiger partial charge is 0.191 e. The lowest BCUT2D eigenvalue weighted by atomic mass is 10.2. The van der Waals surface area contributed by atoms with E-state index in [1.165, 1.54) is 0 Å². The van der Waals surface area contributed by atoms with Gasteiger partial charge in [-0.05, 0) is 36.8 Å². The molecule has 26 heavy (non-hydrogen) atoms. The summed E-state index contributed by atoms with van der Waals surface area (Å²) in [5.41, 5.74) is 1.12. The number of aliphatic imine (C=N–C) groups is 1. The van der Waals surface area contributed by atoms with Crippen LogP contribution in [-0.4, -0.2) is 39.9 Å². The maximum absolute atomic E-state index is 5.73. The summed E-state index contributed by atoms with van der Waals surface area (Å²) in [6.07, 6.45) is 0. The quantitative estimate of drug-likeness (QED) is 0.410. The van der Waals surface area contributed by atoms with E-state index < -0.39 is 0 Å². The van der Waals surface area contributed by atoms with Crippen LogP contribution < -0.4 is 24.8 Å². The van der Waals surface area contributed by atoms with Crippen LogP contribution in [0.2, 0.25) is 0 Å². The fraction of sp³-hybridized carbons (Fsp3) is 0.350. The molecule has 0 aromatic heterocycles. The number of ether oxygens (including phenoxy) is 3. The van der Waals surface area contributed by atoms with Crippen LogP contribution in [0.3, 0.4) is 0 Å². The van der Waals surface area contributed by atoms with Crippen LogP contribution >= 0.6 is 0 Å². The lowest BCUT2D eigenvalue weighted by Gasteiger charge is -2.12. The van der Waals surface area contributed by atoms with Gasteiger partial charge in [0.2, 0.25) is 0 Å². The number of benzene rings is 2. The molecule has 0 radical (unpaired) electrons. The molecule has 6 nitrogen and oxygen atoms in total. The van der Waals surface area contributed by atoms with Gasteiger partial charge in [-0.25, -0.2) is 4.99 Å². The number of hydrogen-bond acceptors (Lipinski definition) is 4. The molecule has 0 fully saturated rings. The molecule has 2 aromatic rings. The molecule has 0 spiro atoms. The molecule has 2 aromatic carbocycles. The molecule has 2 N–H and O–H groups in total. The SMILES string of the molecule is CCNC(=NCc1ccc(OC)cc1)NCCOc1cccc(OC)c1. The van der Waals surface area contributed by atoms with Crippen LogP contribution in [0.4, 0.5) is 0 Å². The van der Waals surface area contributed by atoms with Crippen molar-refractivity contribution in [3.8, 4) is 17.2 Å². The van der Waals surface area contributed by atoms with E-state index in [1.807, 2.05) is 55.5 Å². The molecular weight excluding hydrogens is 330 g/mol. The van der Waals surface area contributed by atoms with Crippen molar-refractivity contribution < 1.29 is 14.2 Å². The molecule has 0 atom stereocenters. The van der Waals surface area contributed by atoms with E-state index >= 15 is 0 Å². The largest absolute Gasteiger partial charge is 0.497 e. The van der Waals surface area contributed by atoms with Gasteiger partial charge in [-0.2, -0.15) is 0 Å². The molecule has 0 aliphatic carbocycles. The molecule has 6 heteroatoms. The number of hydrogen-bond donors (Lipinski definition) is 2. The van der Waals surface area contributed by atoms with Crippen molar-refractivity contribution in [1.29, 1.82) is 0 Å². The van der Waals surface area contributed by atoms with Crippen LogP contribution in [-0.2, 0) is 6.54 Å². The zero-order chi connectivity index (χ0) is 18.6. The summed E-state index contributed by atoms with van der Waals surface area (Å²) in [6.45, 7) is 4.60. The number of rotatable bonds is 9. The topological polar surface area (TPSA) is 64.1 Å². The third-order valence-corrected chi connectivity index (χ3v) is 3.63. The van der Waals surface area contributed by atoms with Gasteiger partial charge in [0.15, 0.2) is 5.96 Å². The lowest BCUT2D eigenvalue weighted by Crippen LogP contribution is -2.39. The van der Waals surface area contributed by atoms with Crippen molar-refractivity contribution in [2.75, 3.05) is 33.9 Å². The Hall–Kier alpha value is -2.89. The Morgan fingerprint density at radius 1 is 0.923 bits per heavy atom. The maximum Gasteiger partial charge on any atom is 0.191 e. The van der Waals surface area contributed by atoms with Crippen molar-refractivity contribution in [3.05, 3.63) is 54.1 Å². The summed E-state index contributed by atoms with van der Waals surface area (Å²) < 4.78 is 16.1. The van der Waals surface area contributed by atoms with E-state index in [2.05, 4.69) is 15.6 Å². The van der Waals surface area contributed by atoms with Crippen LogP contribution in [0, 0.1) is 0 Å². The summed E-state index contributed by atoms with van der Waals surface area (Å²) >= 11 is 0. The molecule has 0 aliphatic rings. The first-order valence-corrected chi connectivity index (χ1v) is 8.67. The Kier molecular flexibility index (Phi) is 8.12.